The second kappa shape index (κ2) is 4.06. The van der Waals surface area contributed by atoms with Gasteiger partial charge < -0.3 is 10.0 Å². The number of phenolic OH excluding ortho intramolecular Hbond substituents is 1. The standard InChI is InChI=1S/C9H11FN2OS/c10-3-4-12-6-11-14-9-5-7(13)1-2-8(9)12/h1-2,5,11,13H,3-4,6H2. The summed E-state index contributed by atoms with van der Waals surface area (Å²) < 4.78 is 15.3. The van der Waals surface area contributed by atoms with Crippen molar-refractivity contribution in [2.24, 2.45) is 0 Å². The van der Waals surface area contributed by atoms with Crippen molar-refractivity contribution in [1.82, 2.24) is 4.72 Å². The predicted molar refractivity (Wildman–Crippen MR) is 55.3 cm³/mol. The van der Waals surface area contributed by atoms with Crippen LogP contribution in [0.15, 0.2) is 23.1 Å². The van der Waals surface area contributed by atoms with Gasteiger partial charge in [-0.25, -0.2) is 9.11 Å². The predicted octanol–water partition coefficient (Wildman–Crippen LogP) is 1.74. The minimum atomic E-state index is -0.368. The Balaban J connectivity index is 2.30. The molecule has 14 heavy (non-hydrogen) atoms. The number of nitrogens with zero attached hydrogens (tertiary/aromatic N) is 1. The molecule has 3 nitrogen and oxygen atoms in total. The van der Waals surface area contributed by atoms with E-state index >= 15 is 0 Å². The molecule has 0 spiro atoms. The van der Waals surface area contributed by atoms with Crippen molar-refractivity contribution in [3.8, 4) is 5.75 Å². The first kappa shape index (κ1) is 9.61. The van der Waals surface area contributed by atoms with E-state index in [2.05, 4.69) is 4.72 Å². The summed E-state index contributed by atoms with van der Waals surface area (Å²) in [7, 11) is 0. The number of benzene rings is 1. The molecule has 0 aliphatic carbocycles. The Morgan fingerprint density at radius 2 is 2.43 bits per heavy atom. The Kier molecular flexibility index (Phi) is 2.79. The Morgan fingerprint density at radius 1 is 1.57 bits per heavy atom. The highest BCUT2D eigenvalue weighted by Gasteiger charge is 2.16. The molecule has 76 valence electrons. The number of nitrogens with one attached hydrogen (secondary N) is 1. The van der Waals surface area contributed by atoms with Gasteiger partial charge in [0.05, 0.1) is 12.4 Å². The first-order chi connectivity index (χ1) is 6.81. The number of phenols is 1. The number of hydrogen-bond acceptors (Lipinski definition) is 4. The summed E-state index contributed by atoms with van der Waals surface area (Å²) in [4.78, 5) is 2.84. The first-order valence-corrected chi connectivity index (χ1v) is 5.16. The van der Waals surface area contributed by atoms with E-state index in [1.807, 2.05) is 11.0 Å². The summed E-state index contributed by atoms with van der Waals surface area (Å²) in [6.45, 7) is 0.643. The highest BCUT2D eigenvalue weighted by molar-refractivity contribution is 7.97. The van der Waals surface area contributed by atoms with Gasteiger partial charge >= 0.3 is 0 Å². The summed E-state index contributed by atoms with van der Waals surface area (Å²) in [5.41, 5.74) is 0.976. The molecule has 5 heteroatoms. The van der Waals surface area contributed by atoms with Crippen molar-refractivity contribution in [1.29, 1.82) is 0 Å². The first-order valence-electron chi connectivity index (χ1n) is 4.35. The third kappa shape index (κ3) is 1.78. The number of alkyl halides is 1. The second-order valence-corrected chi connectivity index (χ2v) is 3.94. The zero-order valence-electron chi connectivity index (χ0n) is 7.53. The SMILES string of the molecule is Oc1ccc2c(c1)SNCN2CCF. The van der Waals surface area contributed by atoms with Gasteiger partial charge in [0, 0.05) is 11.4 Å². The van der Waals surface area contributed by atoms with E-state index in [0.29, 0.717) is 13.2 Å². The largest absolute Gasteiger partial charge is 0.508 e. The molecule has 2 N–H and O–H groups in total. The molecular weight excluding hydrogens is 203 g/mol. The molecular formula is C9H11FN2OS. The molecule has 1 aliphatic heterocycles. The number of aromatic hydroxyl groups is 1. The molecule has 0 fully saturated rings. The fraction of sp³-hybridized carbons (Fsp3) is 0.333. The van der Waals surface area contributed by atoms with Gasteiger partial charge in [0.2, 0.25) is 0 Å². The van der Waals surface area contributed by atoms with Gasteiger partial charge in [-0.15, -0.1) is 0 Å². The van der Waals surface area contributed by atoms with Crippen molar-refractivity contribution in [2.45, 2.75) is 4.90 Å². The molecule has 2 rings (SSSR count). The van der Waals surface area contributed by atoms with Gasteiger partial charge in [-0.05, 0) is 30.1 Å². The van der Waals surface area contributed by atoms with Crippen LogP contribution >= 0.6 is 11.9 Å². The van der Waals surface area contributed by atoms with Crippen molar-refractivity contribution in [3.63, 3.8) is 0 Å². The summed E-state index contributed by atoms with van der Waals surface area (Å²) in [5.74, 6) is 0.236. The third-order valence-corrected chi connectivity index (χ3v) is 2.90. The summed E-state index contributed by atoms with van der Waals surface area (Å²) in [5, 5.41) is 9.27. The van der Waals surface area contributed by atoms with Crippen molar-refractivity contribution >= 4 is 17.6 Å². The van der Waals surface area contributed by atoms with E-state index in [-0.39, 0.29) is 12.4 Å². The Morgan fingerprint density at radius 3 is 3.21 bits per heavy atom. The third-order valence-electron chi connectivity index (χ3n) is 2.08. The lowest BCUT2D eigenvalue weighted by Gasteiger charge is -2.30. The number of halogens is 1. The van der Waals surface area contributed by atoms with Gasteiger partial charge in [-0.3, -0.25) is 0 Å². The number of hydrogen-bond donors (Lipinski definition) is 2. The number of fused-ring (bicyclic) bond motifs is 1. The molecule has 0 atom stereocenters. The zero-order chi connectivity index (χ0) is 9.97. The molecule has 0 bridgehead atoms. The Labute approximate surface area is 86.0 Å². The van der Waals surface area contributed by atoms with Gasteiger partial charge in [0.25, 0.3) is 0 Å². The van der Waals surface area contributed by atoms with E-state index in [9.17, 15) is 9.50 Å². The molecule has 0 radical (unpaired) electrons. The summed E-state index contributed by atoms with van der Waals surface area (Å²) in [6.07, 6.45) is 0. The van der Waals surface area contributed by atoms with Crippen LogP contribution in [0.4, 0.5) is 10.1 Å². The molecule has 1 aliphatic rings. The van der Waals surface area contributed by atoms with Crippen molar-refractivity contribution in [3.05, 3.63) is 18.2 Å². The fourth-order valence-corrected chi connectivity index (χ4v) is 2.28. The van der Waals surface area contributed by atoms with Crippen LogP contribution in [0.25, 0.3) is 0 Å². The van der Waals surface area contributed by atoms with E-state index in [4.69, 9.17) is 0 Å². The van der Waals surface area contributed by atoms with Crippen LogP contribution in [0.5, 0.6) is 5.75 Å². The average Bonchev–Trinajstić information content (AvgIpc) is 2.18. The van der Waals surface area contributed by atoms with Crippen LogP contribution in [0.3, 0.4) is 0 Å². The van der Waals surface area contributed by atoms with E-state index in [1.54, 1.807) is 12.1 Å². The lowest BCUT2D eigenvalue weighted by Crippen LogP contribution is -2.36. The molecule has 0 aromatic heterocycles. The van der Waals surface area contributed by atoms with Crippen molar-refractivity contribution < 1.29 is 9.50 Å². The van der Waals surface area contributed by atoms with Crippen LogP contribution in [0.1, 0.15) is 0 Å². The van der Waals surface area contributed by atoms with E-state index in [1.165, 1.54) is 11.9 Å². The lowest BCUT2D eigenvalue weighted by molar-refractivity contribution is 0.472. The van der Waals surface area contributed by atoms with E-state index in [0.717, 1.165) is 10.6 Å². The van der Waals surface area contributed by atoms with Gasteiger partial charge in [0.15, 0.2) is 0 Å². The fourth-order valence-electron chi connectivity index (χ4n) is 1.42. The smallest absolute Gasteiger partial charge is 0.116 e. The number of anilines is 1. The molecule has 0 unspecified atom stereocenters. The molecule has 1 aromatic carbocycles. The summed E-state index contributed by atoms with van der Waals surface area (Å²) in [6, 6.07) is 5.11. The Hall–Kier alpha value is -0.940. The topological polar surface area (TPSA) is 35.5 Å². The van der Waals surface area contributed by atoms with E-state index < -0.39 is 0 Å². The maximum atomic E-state index is 12.2. The molecule has 1 heterocycles. The quantitative estimate of drug-likeness (QED) is 0.735. The lowest BCUT2D eigenvalue weighted by atomic mass is 10.2. The molecule has 0 saturated heterocycles. The zero-order valence-corrected chi connectivity index (χ0v) is 8.35. The normalized spacial score (nSPS) is 15.4. The number of rotatable bonds is 2. The van der Waals surface area contributed by atoms with Gasteiger partial charge in [-0.2, -0.15) is 0 Å². The Bertz CT molecular complexity index is 335. The van der Waals surface area contributed by atoms with Crippen LogP contribution in [0, 0.1) is 0 Å². The van der Waals surface area contributed by atoms with Crippen LogP contribution in [-0.4, -0.2) is 25.0 Å². The minimum absolute atomic E-state index is 0.236. The monoisotopic (exact) mass is 214 g/mol. The molecule has 0 saturated carbocycles. The minimum Gasteiger partial charge on any atom is -0.508 e. The van der Waals surface area contributed by atoms with Crippen LogP contribution < -0.4 is 9.62 Å². The highest BCUT2D eigenvalue weighted by Crippen LogP contribution is 2.34. The molecule has 0 amide bonds. The highest BCUT2D eigenvalue weighted by atomic mass is 32.2. The molecule has 1 aromatic rings. The van der Waals surface area contributed by atoms with Gasteiger partial charge in [0.1, 0.15) is 12.4 Å². The second-order valence-electron chi connectivity index (χ2n) is 3.01. The van der Waals surface area contributed by atoms with Crippen LogP contribution in [0.2, 0.25) is 0 Å². The van der Waals surface area contributed by atoms with Crippen LogP contribution in [-0.2, 0) is 0 Å². The van der Waals surface area contributed by atoms with Gasteiger partial charge in [-0.1, -0.05) is 0 Å². The average molecular weight is 214 g/mol. The van der Waals surface area contributed by atoms with Crippen molar-refractivity contribution in [2.75, 3.05) is 24.8 Å². The maximum absolute atomic E-state index is 12.2. The summed E-state index contributed by atoms with van der Waals surface area (Å²) >= 11 is 1.46. The maximum Gasteiger partial charge on any atom is 0.116 e.